The predicted octanol–water partition coefficient (Wildman–Crippen LogP) is 4.08. The fourth-order valence-corrected chi connectivity index (χ4v) is 2.20. The number of anilines is 3. The highest BCUT2D eigenvalue weighted by atomic mass is 127. The Labute approximate surface area is 122 Å². The number of nitrogen functional groups attached to an aromatic ring is 1. The van der Waals surface area contributed by atoms with Crippen LogP contribution in [0.1, 0.15) is 5.56 Å². The van der Waals surface area contributed by atoms with Gasteiger partial charge >= 0.3 is 0 Å². The summed E-state index contributed by atoms with van der Waals surface area (Å²) in [5, 5.41) is 3.26. The first-order chi connectivity index (χ1) is 8.06. The maximum Gasteiger partial charge on any atom is 0.130 e. The molecule has 0 spiro atoms. The summed E-state index contributed by atoms with van der Waals surface area (Å²) in [6, 6.07) is 8.03. The molecule has 0 fully saturated rings. The Hall–Kier alpha value is -0.820. The molecule has 0 atom stereocenters. The number of nitrogens with two attached hydrogens (primary N) is 1. The SMILES string of the molecule is Cc1cc(Nc2cc(I)ccc2Br)ncc1N. The van der Waals surface area contributed by atoms with E-state index in [2.05, 4.69) is 54.9 Å². The summed E-state index contributed by atoms with van der Waals surface area (Å²) >= 11 is 5.78. The summed E-state index contributed by atoms with van der Waals surface area (Å²) in [5.74, 6) is 0.791. The monoisotopic (exact) mass is 403 g/mol. The number of benzene rings is 1. The largest absolute Gasteiger partial charge is 0.397 e. The first-order valence-electron chi connectivity index (χ1n) is 5.00. The van der Waals surface area contributed by atoms with Crippen LogP contribution in [0.5, 0.6) is 0 Å². The molecule has 0 amide bonds. The van der Waals surface area contributed by atoms with Crippen molar-refractivity contribution in [2.45, 2.75) is 6.92 Å². The average molecular weight is 404 g/mol. The van der Waals surface area contributed by atoms with Gasteiger partial charge in [0.2, 0.25) is 0 Å². The molecule has 0 aliphatic heterocycles. The smallest absolute Gasteiger partial charge is 0.130 e. The van der Waals surface area contributed by atoms with Crippen LogP contribution in [0, 0.1) is 10.5 Å². The van der Waals surface area contributed by atoms with E-state index in [1.807, 2.05) is 25.1 Å². The van der Waals surface area contributed by atoms with Crippen molar-refractivity contribution < 1.29 is 0 Å². The standard InChI is InChI=1S/C12H11BrIN3/c1-7-4-12(16-6-10(7)15)17-11-5-8(14)2-3-9(11)13/h2-6H,15H2,1H3,(H,16,17). The van der Waals surface area contributed by atoms with Gasteiger partial charge in [0.1, 0.15) is 5.82 Å². The lowest BCUT2D eigenvalue weighted by Gasteiger charge is -2.09. The second kappa shape index (κ2) is 5.22. The third-order valence-corrected chi connectivity index (χ3v) is 3.70. The number of nitrogens with one attached hydrogen (secondary N) is 1. The lowest BCUT2D eigenvalue weighted by molar-refractivity contribution is 1.27. The van der Waals surface area contributed by atoms with Gasteiger partial charge in [0.25, 0.3) is 0 Å². The average Bonchev–Trinajstić information content (AvgIpc) is 2.29. The molecular weight excluding hydrogens is 393 g/mol. The van der Waals surface area contributed by atoms with Crippen molar-refractivity contribution in [3.05, 3.63) is 44.1 Å². The highest BCUT2D eigenvalue weighted by Crippen LogP contribution is 2.27. The zero-order valence-corrected chi connectivity index (χ0v) is 12.9. The number of nitrogens with zero attached hydrogens (tertiary/aromatic N) is 1. The van der Waals surface area contributed by atoms with Gasteiger partial charge < -0.3 is 11.1 Å². The number of hydrogen-bond acceptors (Lipinski definition) is 3. The molecule has 0 saturated carbocycles. The van der Waals surface area contributed by atoms with Gasteiger partial charge in [0.15, 0.2) is 0 Å². The quantitative estimate of drug-likeness (QED) is 0.742. The van der Waals surface area contributed by atoms with Crippen LogP contribution in [0.25, 0.3) is 0 Å². The Morgan fingerprint density at radius 1 is 1.35 bits per heavy atom. The molecule has 88 valence electrons. The van der Waals surface area contributed by atoms with Crippen LogP contribution >= 0.6 is 38.5 Å². The van der Waals surface area contributed by atoms with E-state index in [0.29, 0.717) is 5.69 Å². The highest BCUT2D eigenvalue weighted by Gasteiger charge is 2.03. The molecule has 3 nitrogen and oxygen atoms in total. The molecule has 1 aromatic heterocycles. The minimum absolute atomic E-state index is 0.706. The molecule has 0 aliphatic rings. The van der Waals surface area contributed by atoms with E-state index in [-0.39, 0.29) is 0 Å². The molecule has 3 N–H and O–H groups in total. The van der Waals surface area contributed by atoms with Gasteiger partial charge in [-0.2, -0.15) is 0 Å². The van der Waals surface area contributed by atoms with E-state index in [4.69, 9.17) is 5.73 Å². The van der Waals surface area contributed by atoms with E-state index < -0.39 is 0 Å². The topological polar surface area (TPSA) is 50.9 Å². The third-order valence-electron chi connectivity index (χ3n) is 2.34. The van der Waals surface area contributed by atoms with Gasteiger partial charge in [-0.1, -0.05) is 0 Å². The van der Waals surface area contributed by atoms with Crippen LogP contribution in [-0.4, -0.2) is 4.98 Å². The molecule has 0 saturated heterocycles. The van der Waals surface area contributed by atoms with E-state index in [9.17, 15) is 0 Å². The number of halogens is 2. The van der Waals surface area contributed by atoms with Gasteiger partial charge in [-0.3, -0.25) is 0 Å². The van der Waals surface area contributed by atoms with Crippen LogP contribution in [-0.2, 0) is 0 Å². The Kier molecular flexibility index (Phi) is 3.88. The second-order valence-electron chi connectivity index (χ2n) is 3.68. The number of aromatic nitrogens is 1. The van der Waals surface area contributed by atoms with Crippen molar-refractivity contribution >= 4 is 55.7 Å². The number of rotatable bonds is 2. The minimum Gasteiger partial charge on any atom is -0.397 e. The summed E-state index contributed by atoms with van der Waals surface area (Å²) in [5.41, 5.74) is 8.45. The molecule has 0 bridgehead atoms. The van der Waals surface area contributed by atoms with Crippen LogP contribution < -0.4 is 11.1 Å². The Balaban J connectivity index is 2.31. The zero-order valence-electron chi connectivity index (χ0n) is 9.17. The summed E-state index contributed by atoms with van der Waals surface area (Å²) < 4.78 is 2.18. The van der Waals surface area contributed by atoms with E-state index >= 15 is 0 Å². The molecule has 17 heavy (non-hydrogen) atoms. The number of pyridine rings is 1. The molecule has 0 unspecified atom stereocenters. The molecule has 5 heteroatoms. The van der Waals surface area contributed by atoms with Crippen molar-refractivity contribution in [3.8, 4) is 0 Å². The normalized spacial score (nSPS) is 10.3. The summed E-state index contributed by atoms with van der Waals surface area (Å²) in [7, 11) is 0. The van der Waals surface area contributed by atoms with Crippen molar-refractivity contribution in [1.82, 2.24) is 4.98 Å². The first-order valence-corrected chi connectivity index (χ1v) is 6.87. The Bertz CT molecular complexity index is 557. The van der Waals surface area contributed by atoms with E-state index in [1.54, 1.807) is 6.20 Å². The van der Waals surface area contributed by atoms with Crippen molar-refractivity contribution in [1.29, 1.82) is 0 Å². The van der Waals surface area contributed by atoms with Gasteiger partial charge in [0, 0.05) is 8.04 Å². The van der Waals surface area contributed by atoms with Crippen molar-refractivity contribution in [2.75, 3.05) is 11.1 Å². The molecule has 2 aromatic rings. The van der Waals surface area contributed by atoms with Crippen molar-refractivity contribution in [3.63, 3.8) is 0 Å². The van der Waals surface area contributed by atoms with Gasteiger partial charge in [0.05, 0.1) is 17.6 Å². The molecule has 1 aromatic carbocycles. The zero-order chi connectivity index (χ0) is 12.4. The second-order valence-corrected chi connectivity index (χ2v) is 5.78. The third kappa shape index (κ3) is 3.10. The Morgan fingerprint density at radius 3 is 2.82 bits per heavy atom. The summed E-state index contributed by atoms with van der Waals surface area (Å²) in [6.45, 7) is 1.96. The van der Waals surface area contributed by atoms with Crippen LogP contribution in [0.4, 0.5) is 17.2 Å². The molecular formula is C12H11BrIN3. The maximum absolute atomic E-state index is 5.74. The fraction of sp³-hybridized carbons (Fsp3) is 0.0833. The fourth-order valence-electron chi connectivity index (χ4n) is 1.37. The van der Waals surface area contributed by atoms with Gasteiger partial charge in [-0.15, -0.1) is 0 Å². The van der Waals surface area contributed by atoms with Crippen molar-refractivity contribution in [2.24, 2.45) is 0 Å². The highest BCUT2D eigenvalue weighted by molar-refractivity contribution is 14.1. The predicted molar refractivity (Wildman–Crippen MR) is 83.5 cm³/mol. The number of aryl methyl sites for hydroxylation is 1. The Morgan fingerprint density at radius 2 is 2.12 bits per heavy atom. The van der Waals surface area contributed by atoms with Gasteiger partial charge in [-0.05, 0) is 75.3 Å². The van der Waals surface area contributed by atoms with Crippen LogP contribution in [0.2, 0.25) is 0 Å². The summed E-state index contributed by atoms with van der Waals surface area (Å²) in [4.78, 5) is 4.25. The van der Waals surface area contributed by atoms with Gasteiger partial charge in [-0.25, -0.2) is 4.98 Å². The van der Waals surface area contributed by atoms with E-state index in [0.717, 1.165) is 21.5 Å². The molecule has 0 aliphatic carbocycles. The molecule has 2 rings (SSSR count). The first kappa shape index (κ1) is 12.6. The van der Waals surface area contributed by atoms with Crippen LogP contribution in [0.3, 0.4) is 0 Å². The molecule has 0 radical (unpaired) electrons. The minimum atomic E-state index is 0.706. The van der Waals surface area contributed by atoms with E-state index in [1.165, 1.54) is 3.57 Å². The number of hydrogen-bond donors (Lipinski definition) is 2. The lowest BCUT2D eigenvalue weighted by Crippen LogP contribution is -1.98. The maximum atomic E-state index is 5.74. The summed E-state index contributed by atoms with van der Waals surface area (Å²) in [6.07, 6.45) is 1.67. The lowest BCUT2D eigenvalue weighted by atomic mass is 10.2. The van der Waals surface area contributed by atoms with Crippen LogP contribution in [0.15, 0.2) is 34.9 Å². The molecule has 1 heterocycles.